The standard InChI is InChI=1S/C18H31N3O6/c1-13(19-5)6-9-18(24)27-16(4)11-25-15(3)10-26-17(23)8-7-14(2)21-20-12-22/h12,15-16H,6-11H2,1-5H3,(H,20,22)/b19-13?,21-14+. The number of hydrogen-bond acceptors (Lipinski definition) is 8. The highest BCUT2D eigenvalue weighted by molar-refractivity contribution is 5.86. The molecule has 1 amide bonds. The normalized spacial score (nSPS) is 14.3. The molecule has 0 bridgehead atoms. The van der Waals surface area contributed by atoms with Crippen LogP contribution in [0.5, 0.6) is 0 Å². The quantitative estimate of drug-likeness (QED) is 0.210. The second-order valence-electron chi connectivity index (χ2n) is 6.18. The van der Waals surface area contributed by atoms with Gasteiger partial charge in [-0.3, -0.25) is 19.4 Å². The Hall–Kier alpha value is -2.29. The van der Waals surface area contributed by atoms with Crippen molar-refractivity contribution in [2.24, 2.45) is 10.1 Å². The predicted molar refractivity (Wildman–Crippen MR) is 102 cm³/mol. The SMILES string of the molecule is CN=C(C)CCC(=O)OC(C)COC(C)COC(=O)CC/C(C)=N/NC=O. The van der Waals surface area contributed by atoms with Gasteiger partial charge in [-0.25, -0.2) is 5.43 Å². The molecule has 9 heteroatoms. The number of nitrogens with one attached hydrogen (secondary N) is 1. The van der Waals surface area contributed by atoms with Crippen molar-refractivity contribution in [3.8, 4) is 0 Å². The fourth-order valence-corrected chi connectivity index (χ4v) is 1.82. The Labute approximate surface area is 160 Å². The average Bonchev–Trinajstić information content (AvgIpc) is 2.65. The lowest BCUT2D eigenvalue weighted by atomic mass is 10.2. The van der Waals surface area contributed by atoms with E-state index >= 15 is 0 Å². The molecular formula is C18H31N3O6. The van der Waals surface area contributed by atoms with Crippen LogP contribution < -0.4 is 5.43 Å². The third-order valence-electron chi connectivity index (χ3n) is 3.50. The Morgan fingerprint density at radius 3 is 2.22 bits per heavy atom. The summed E-state index contributed by atoms with van der Waals surface area (Å²) in [5.74, 6) is -0.673. The van der Waals surface area contributed by atoms with Crippen LogP contribution in [0.2, 0.25) is 0 Å². The van der Waals surface area contributed by atoms with Gasteiger partial charge in [0.05, 0.1) is 25.6 Å². The second kappa shape index (κ2) is 14.8. The minimum absolute atomic E-state index is 0.106. The van der Waals surface area contributed by atoms with Gasteiger partial charge in [-0.15, -0.1) is 0 Å². The van der Waals surface area contributed by atoms with Crippen molar-refractivity contribution in [3.63, 3.8) is 0 Å². The van der Waals surface area contributed by atoms with Crippen LogP contribution >= 0.6 is 0 Å². The van der Waals surface area contributed by atoms with Crippen LogP contribution in [-0.2, 0) is 28.6 Å². The lowest BCUT2D eigenvalue weighted by Crippen LogP contribution is -2.26. The molecule has 0 saturated carbocycles. The summed E-state index contributed by atoms with van der Waals surface area (Å²) in [5.41, 5.74) is 3.69. The fraction of sp³-hybridized carbons (Fsp3) is 0.722. The maximum atomic E-state index is 11.7. The molecule has 2 unspecified atom stereocenters. The molecule has 0 aromatic heterocycles. The third kappa shape index (κ3) is 14.6. The van der Waals surface area contributed by atoms with Crippen molar-refractivity contribution in [2.75, 3.05) is 20.3 Å². The van der Waals surface area contributed by atoms with E-state index in [9.17, 15) is 14.4 Å². The Bertz CT molecular complexity index is 533. The molecule has 27 heavy (non-hydrogen) atoms. The largest absolute Gasteiger partial charge is 0.463 e. The van der Waals surface area contributed by atoms with E-state index in [-0.39, 0.29) is 44.1 Å². The lowest BCUT2D eigenvalue weighted by molar-refractivity contribution is -0.154. The van der Waals surface area contributed by atoms with E-state index in [1.807, 2.05) is 6.92 Å². The topological polar surface area (TPSA) is 116 Å². The molecule has 0 heterocycles. The number of nitrogens with zero attached hydrogens (tertiary/aromatic N) is 2. The molecule has 0 aliphatic carbocycles. The van der Waals surface area contributed by atoms with Crippen molar-refractivity contribution >= 4 is 29.8 Å². The van der Waals surface area contributed by atoms with Crippen molar-refractivity contribution in [2.45, 2.75) is 65.6 Å². The van der Waals surface area contributed by atoms with Crippen LogP contribution in [0.15, 0.2) is 10.1 Å². The van der Waals surface area contributed by atoms with E-state index in [2.05, 4.69) is 15.5 Å². The summed E-state index contributed by atoms with van der Waals surface area (Å²) in [4.78, 5) is 37.4. The van der Waals surface area contributed by atoms with Gasteiger partial charge in [0.2, 0.25) is 6.41 Å². The minimum atomic E-state index is -0.390. The molecule has 0 fully saturated rings. The van der Waals surface area contributed by atoms with Gasteiger partial charge in [0.1, 0.15) is 12.7 Å². The van der Waals surface area contributed by atoms with E-state index in [4.69, 9.17) is 14.2 Å². The molecule has 9 nitrogen and oxygen atoms in total. The third-order valence-corrected chi connectivity index (χ3v) is 3.50. The first kappa shape index (κ1) is 24.7. The summed E-state index contributed by atoms with van der Waals surface area (Å²) in [6.45, 7) is 7.40. The van der Waals surface area contributed by atoms with Gasteiger partial charge in [-0.05, 0) is 40.5 Å². The van der Waals surface area contributed by atoms with Gasteiger partial charge in [0.15, 0.2) is 0 Å². The van der Waals surface area contributed by atoms with Gasteiger partial charge in [0, 0.05) is 18.5 Å². The monoisotopic (exact) mass is 385 g/mol. The zero-order chi connectivity index (χ0) is 20.7. The van der Waals surface area contributed by atoms with Gasteiger partial charge >= 0.3 is 11.9 Å². The summed E-state index contributed by atoms with van der Waals surface area (Å²) in [6, 6.07) is 0. The summed E-state index contributed by atoms with van der Waals surface area (Å²) in [6.07, 6.45) is 1.16. The first-order valence-electron chi connectivity index (χ1n) is 8.89. The summed E-state index contributed by atoms with van der Waals surface area (Å²) in [7, 11) is 1.69. The average molecular weight is 385 g/mol. The fourth-order valence-electron chi connectivity index (χ4n) is 1.82. The number of hydrogen-bond donors (Lipinski definition) is 1. The molecule has 154 valence electrons. The molecule has 0 rings (SSSR count). The molecule has 0 aromatic rings. The van der Waals surface area contributed by atoms with E-state index in [1.165, 1.54) is 0 Å². The van der Waals surface area contributed by atoms with Crippen molar-refractivity contribution < 1.29 is 28.6 Å². The first-order chi connectivity index (χ1) is 12.8. The maximum absolute atomic E-state index is 11.7. The lowest BCUT2D eigenvalue weighted by Gasteiger charge is -2.17. The van der Waals surface area contributed by atoms with E-state index in [0.29, 0.717) is 25.0 Å². The number of carbonyl (C=O) groups excluding carboxylic acids is 3. The van der Waals surface area contributed by atoms with Gasteiger partial charge in [-0.2, -0.15) is 5.10 Å². The van der Waals surface area contributed by atoms with Crippen LogP contribution in [0.25, 0.3) is 0 Å². The highest BCUT2D eigenvalue weighted by Crippen LogP contribution is 2.03. The van der Waals surface area contributed by atoms with E-state index in [0.717, 1.165) is 5.71 Å². The zero-order valence-electron chi connectivity index (χ0n) is 16.8. The number of amides is 1. The molecule has 0 aliphatic rings. The molecular weight excluding hydrogens is 354 g/mol. The molecule has 0 aromatic carbocycles. The van der Waals surface area contributed by atoms with Crippen LogP contribution in [0.1, 0.15) is 53.4 Å². The molecule has 1 N–H and O–H groups in total. The summed E-state index contributed by atoms with van der Waals surface area (Å²) < 4.78 is 15.9. The predicted octanol–water partition coefficient (Wildman–Crippen LogP) is 1.64. The van der Waals surface area contributed by atoms with Crippen molar-refractivity contribution in [1.82, 2.24) is 5.43 Å². The van der Waals surface area contributed by atoms with Crippen molar-refractivity contribution in [3.05, 3.63) is 0 Å². The number of ether oxygens (including phenoxy) is 3. The molecule has 0 saturated heterocycles. The number of hydrazone groups is 1. The smallest absolute Gasteiger partial charge is 0.306 e. The molecule has 2 atom stereocenters. The second-order valence-corrected chi connectivity index (χ2v) is 6.18. The number of rotatable bonds is 14. The Balaban J connectivity index is 3.91. The van der Waals surface area contributed by atoms with Crippen LogP contribution in [0.3, 0.4) is 0 Å². The first-order valence-corrected chi connectivity index (χ1v) is 8.89. The number of carbonyl (C=O) groups is 3. The molecule has 0 radical (unpaired) electrons. The Kier molecular flexibility index (Phi) is 13.6. The van der Waals surface area contributed by atoms with E-state index < -0.39 is 6.10 Å². The number of esters is 2. The summed E-state index contributed by atoms with van der Waals surface area (Å²) in [5, 5.41) is 3.73. The maximum Gasteiger partial charge on any atom is 0.306 e. The Morgan fingerprint density at radius 1 is 0.963 bits per heavy atom. The van der Waals surface area contributed by atoms with Crippen LogP contribution in [-0.4, -0.2) is 62.2 Å². The van der Waals surface area contributed by atoms with Gasteiger partial charge in [0.25, 0.3) is 0 Å². The van der Waals surface area contributed by atoms with Crippen molar-refractivity contribution in [1.29, 1.82) is 0 Å². The molecule has 0 aliphatic heterocycles. The minimum Gasteiger partial charge on any atom is -0.463 e. The number of aliphatic imine (C=N–C) groups is 1. The van der Waals surface area contributed by atoms with Crippen LogP contribution in [0, 0.1) is 0 Å². The van der Waals surface area contributed by atoms with Crippen LogP contribution in [0.4, 0.5) is 0 Å². The van der Waals surface area contributed by atoms with Gasteiger partial charge in [-0.1, -0.05) is 0 Å². The summed E-state index contributed by atoms with van der Waals surface area (Å²) >= 11 is 0. The molecule has 0 spiro atoms. The van der Waals surface area contributed by atoms with E-state index in [1.54, 1.807) is 27.8 Å². The highest BCUT2D eigenvalue weighted by atomic mass is 16.6. The zero-order valence-corrected chi connectivity index (χ0v) is 16.8. The Morgan fingerprint density at radius 2 is 1.59 bits per heavy atom. The van der Waals surface area contributed by atoms with Gasteiger partial charge < -0.3 is 14.2 Å². The highest BCUT2D eigenvalue weighted by Gasteiger charge is 2.13.